The van der Waals surface area contributed by atoms with Crippen LogP contribution in [0.3, 0.4) is 0 Å². The van der Waals surface area contributed by atoms with E-state index in [0.29, 0.717) is 6.04 Å². The molecular formula is C14H22BrNO2. The lowest BCUT2D eigenvalue weighted by Crippen LogP contribution is -2.35. The number of rotatable bonds is 8. The van der Waals surface area contributed by atoms with Gasteiger partial charge in [-0.1, -0.05) is 13.0 Å². The second-order valence-corrected chi connectivity index (χ2v) is 4.94. The van der Waals surface area contributed by atoms with Gasteiger partial charge in [0.1, 0.15) is 5.75 Å². The summed E-state index contributed by atoms with van der Waals surface area (Å²) < 4.78 is 11.7. The van der Waals surface area contributed by atoms with E-state index >= 15 is 0 Å². The summed E-state index contributed by atoms with van der Waals surface area (Å²) >= 11 is 3.51. The van der Waals surface area contributed by atoms with Crippen molar-refractivity contribution in [2.45, 2.75) is 26.3 Å². The molecule has 18 heavy (non-hydrogen) atoms. The van der Waals surface area contributed by atoms with Crippen molar-refractivity contribution < 1.29 is 9.47 Å². The van der Waals surface area contributed by atoms with Crippen molar-refractivity contribution in [3.8, 4) is 5.75 Å². The molecule has 0 radical (unpaired) electrons. The molecule has 1 aromatic rings. The molecule has 0 saturated heterocycles. The molecule has 102 valence electrons. The lowest BCUT2D eigenvalue weighted by Gasteiger charge is -2.18. The van der Waals surface area contributed by atoms with Crippen molar-refractivity contribution in [2.75, 3.05) is 26.9 Å². The van der Waals surface area contributed by atoms with Crippen molar-refractivity contribution in [3.63, 3.8) is 0 Å². The fourth-order valence-electron chi connectivity index (χ4n) is 1.86. The third-order valence-electron chi connectivity index (χ3n) is 2.71. The number of hydrogen-bond donors (Lipinski definition) is 1. The minimum Gasteiger partial charge on any atom is -0.496 e. The minimum absolute atomic E-state index is 0.357. The molecule has 0 heterocycles. The predicted octanol–water partition coefficient (Wildman–Crippen LogP) is 3.01. The Bertz CT molecular complexity index is 358. The highest BCUT2D eigenvalue weighted by atomic mass is 79.9. The molecule has 1 unspecified atom stereocenters. The van der Waals surface area contributed by atoms with Gasteiger partial charge in [0.15, 0.2) is 0 Å². The number of likely N-dealkylation sites (N-methyl/N-ethyl adjacent to an activating group) is 1. The Morgan fingerprint density at radius 2 is 2.11 bits per heavy atom. The van der Waals surface area contributed by atoms with Gasteiger partial charge in [-0.3, -0.25) is 0 Å². The lowest BCUT2D eigenvalue weighted by molar-refractivity contribution is 0.123. The largest absolute Gasteiger partial charge is 0.496 e. The Kier molecular flexibility index (Phi) is 7.32. The van der Waals surface area contributed by atoms with E-state index in [-0.39, 0.29) is 0 Å². The first kappa shape index (κ1) is 15.5. The first-order chi connectivity index (χ1) is 8.71. The van der Waals surface area contributed by atoms with E-state index in [4.69, 9.17) is 9.47 Å². The monoisotopic (exact) mass is 315 g/mol. The van der Waals surface area contributed by atoms with E-state index in [1.54, 1.807) is 7.11 Å². The number of halogens is 1. The first-order valence-corrected chi connectivity index (χ1v) is 7.14. The third kappa shape index (κ3) is 4.96. The lowest BCUT2D eigenvalue weighted by atomic mass is 10.1. The van der Waals surface area contributed by atoms with Crippen LogP contribution in [-0.2, 0) is 11.2 Å². The zero-order chi connectivity index (χ0) is 13.4. The van der Waals surface area contributed by atoms with E-state index in [9.17, 15) is 0 Å². The summed E-state index contributed by atoms with van der Waals surface area (Å²) in [6.07, 6.45) is 0.955. The van der Waals surface area contributed by atoms with Crippen LogP contribution in [0.1, 0.15) is 19.4 Å². The number of benzene rings is 1. The average Bonchev–Trinajstić information content (AvgIpc) is 2.36. The fraction of sp³-hybridized carbons (Fsp3) is 0.571. The van der Waals surface area contributed by atoms with Gasteiger partial charge in [-0.05, 0) is 53.5 Å². The highest BCUT2D eigenvalue weighted by Gasteiger charge is 2.10. The van der Waals surface area contributed by atoms with E-state index in [1.807, 2.05) is 13.0 Å². The number of ether oxygens (including phenoxy) is 2. The average molecular weight is 316 g/mol. The zero-order valence-electron chi connectivity index (χ0n) is 11.3. The van der Waals surface area contributed by atoms with Gasteiger partial charge in [0.25, 0.3) is 0 Å². The molecule has 4 heteroatoms. The molecule has 1 atom stereocenters. The number of nitrogens with one attached hydrogen (secondary N) is 1. The summed E-state index contributed by atoms with van der Waals surface area (Å²) in [5.74, 6) is 0.864. The zero-order valence-corrected chi connectivity index (χ0v) is 12.9. The molecule has 0 saturated carbocycles. The van der Waals surface area contributed by atoms with Crippen molar-refractivity contribution in [2.24, 2.45) is 0 Å². The number of methoxy groups -OCH3 is 1. The smallest absolute Gasteiger partial charge is 0.133 e. The summed E-state index contributed by atoms with van der Waals surface area (Å²) in [6.45, 7) is 6.59. The van der Waals surface area contributed by atoms with Crippen molar-refractivity contribution in [3.05, 3.63) is 28.2 Å². The second-order valence-electron chi connectivity index (χ2n) is 4.09. The molecule has 0 aromatic heterocycles. The molecule has 0 fully saturated rings. The molecule has 1 rings (SSSR count). The molecule has 0 aliphatic rings. The van der Waals surface area contributed by atoms with E-state index in [2.05, 4.69) is 40.3 Å². The van der Waals surface area contributed by atoms with Gasteiger partial charge in [0.2, 0.25) is 0 Å². The highest BCUT2D eigenvalue weighted by molar-refractivity contribution is 9.10. The fourth-order valence-corrected chi connectivity index (χ4v) is 2.45. The van der Waals surface area contributed by atoms with Crippen LogP contribution >= 0.6 is 15.9 Å². The molecule has 3 nitrogen and oxygen atoms in total. The Morgan fingerprint density at radius 3 is 2.67 bits per heavy atom. The maximum atomic E-state index is 5.50. The quantitative estimate of drug-likeness (QED) is 0.800. The highest BCUT2D eigenvalue weighted by Crippen LogP contribution is 2.25. The molecule has 0 aliphatic carbocycles. The normalized spacial score (nSPS) is 12.4. The van der Waals surface area contributed by atoms with Gasteiger partial charge in [-0.25, -0.2) is 0 Å². The molecule has 1 aromatic carbocycles. The van der Waals surface area contributed by atoms with Gasteiger partial charge in [-0.15, -0.1) is 0 Å². The van der Waals surface area contributed by atoms with E-state index < -0.39 is 0 Å². The summed E-state index contributed by atoms with van der Waals surface area (Å²) in [5.41, 5.74) is 1.27. The van der Waals surface area contributed by atoms with Gasteiger partial charge < -0.3 is 14.8 Å². The summed E-state index contributed by atoms with van der Waals surface area (Å²) in [6, 6.07) is 6.55. The van der Waals surface area contributed by atoms with Crippen LogP contribution in [0.25, 0.3) is 0 Å². The number of hydrogen-bond acceptors (Lipinski definition) is 3. The van der Waals surface area contributed by atoms with Gasteiger partial charge in [0.05, 0.1) is 18.2 Å². The second kappa shape index (κ2) is 8.51. The maximum absolute atomic E-state index is 5.50. The van der Waals surface area contributed by atoms with Crippen molar-refractivity contribution >= 4 is 15.9 Å². The Hall–Kier alpha value is -0.580. The maximum Gasteiger partial charge on any atom is 0.133 e. The topological polar surface area (TPSA) is 30.5 Å². The third-order valence-corrected chi connectivity index (χ3v) is 3.33. The van der Waals surface area contributed by atoms with Crippen LogP contribution in [0.5, 0.6) is 5.75 Å². The molecule has 1 N–H and O–H groups in total. The molecule has 0 amide bonds. The molecule has 0 aliphatic heterocycles. The van der Waals surface area contributed by atoms with Crippen LogP contribution in [-0.4, -0.2) is 32.9 Å². The van der Waals surface area contributed by atoms with Gasteiger partial charge in [0, 0.05) is 12.6 Å². The van der Waals surface area contributed by atoms with Gasteiger partial charge >= 0.3 is 0 Å². The predicted molar refractivity (Wildman–Crippen MR) is 78.4 cm³/mol. The van der Waals surface area contributed by atoms with Crippen LogP contribution in [0.15, 0.2) is 22.7 Å². The van der Waals surface area contributed by atoms with Crippen LogP contribution < -0.4 is 10.1 Å². The van der Waals surface area contributed by atoms with Gasteiger partial charge in [-0.2, -0.15) is 0 Å². The summed E-state index contributed by atoms with van der Waals surface area (Å²) in [5, 5.41) is 3.44. The van der Waals surface area contributed by atoms with E-state index in [0.717, 1.165) is 36.4 Å². The first-order valence-electron chi connectivity index (χ1n) is 6.34. The van der Waals surface area contributed by atoms with Crippen molar-refractivity contribution in [1.29, 1.82) is 0 Å². The Balaban J connectivity index is 2.64. The van der Waals surface area contributed by atoms with Crippen molar-refractivity contribution in [1.82, 2.24) is 5.32 Å². The summed E-state index contributed by atoms with van der Waals surface area (Å²) in [4.78, 5) is 0. The molecule has 0 spiro atoms. The molecular weight excluding hydrogens is 294 g/mol. The van der Waals surface area contributed by atoms with Crippen LogP contribution in [0, 0.1) is 0 Å². The minimum atomic E-state index is 0.357. The standard InChI is InChI=1S/C14H22BrNO2/c1-4-16-12(10-18-5-2)8-11-6-7-14(17-3)13(15)9-11/h6-7,9,12,16H,4-5,8,10H2,1-3H3. The summed E-state index contributed by atoms with van der Waals surface area (Å²) in [7, 11) is 1.68. The van der Waals surface area contributed by atoms with E-state index in [1.165, 1.54) is 5.56 Å². The SMILES string of the molecule is CCNC(COCC)Cc1ccc(OC)c(Br)c1. The Labute approximate surface area is 118 Å². The molecule has 0 bridgehead atoms. The Morgan fingerprint density at radius 1 is 1.33 bits per heavy atom. The van der Waals surface area contributed by atoms with Crippen LogP contribution in [0.2, 0.25) is 0 Å². The van der Waals surface area contributed by atoms with Crippen LogP contribution in [0.4, 0.5) is 0 Å².